The van der Waals surface area contributed by atoms with Gasteiger partial charge in [0.15, 0.2) is 0 Å². The lowest BCUT2D eigenvalue weighted by atomic mass is 10.2. The molecule has 17 heavy (non-hydrogen) atoms. The van der Waals surface area contributed by atoms with Crippen LogP contribution in [0.5, 0.6) is 5.75 Å². The van der Waals surface area contributed by atoms with Gasteiger partial charge in [0, 0.05) is 12.4 Å². The van der Waals surface area contributed by atoms with Crippen molar-refractivity contribution in [2.75, 3.05) is 13.2 Å². The van der Waals surface area contributed by atoms with Gasteiger partial charge in [-0.05, 0) is 19.1 Å². The van der Waals surface area contributed by atoms with Crippen LogP contribution in [0.4, 0.5) is 0 Å². The maximum atomic E-state index is 9.64. The molecule has 0 radical (unpaired) electrons. The molecule has 0 spiro atoms. The number of hydrogen-bond donors (Lipinski definition) is 3. The lowest BCUT2D eigenvalue weighted by Gasteiger charge is -2.18. The highest BCUT2D eigenvalue weighted by molar-refractivity contribution is 5.26. The maximum Gasteiger partial charge on any atom is 0.119 e. The molecule has 1 aromatic carbocycles. The lowest BCUT2D eigenvalue weighted by Crippen LogP contribution is -2.36. The Bertz CT molecular complexity index is 351. The molecule has 0 aromatic heterocycles. The molecule has 0 aliphatic carbocycles. The summed E-state index contributed by atoms with van der Waals surface area (Å²) in [6.45, 7) is 2.46. The molecular formula is C12H19N3O2. The first-order valence-electron chi connectivity index (χ1n) is 5.39. The minimum absolute atomic E-state index is 0.190. The van der Waals surface area contributed by atoms with Crippen LogP contribution in [-0.2, 0) is 0 Å². The van der Waals surface area contributed by atoms with Crippen LogP contribution in [0.15, 0.2) is 36.7 Å². The molecule has 0 saturated heterocycles. The molecule has 1 rings (SSSR count). The summed E-state index contributed by atoms with van der Waals surface area (Å²) in [6, 6.07) is 7.63. The highest BCUT2D eigenvalue weighted by Crippen LogP contribution is 2.11. The zero-order valence-corrected chi connectivity index (χ0v) is 9.91. The summed E-state index contributed by atoms with van der Waals surface area (Å²) in [5.41, 5.74) is 6.34. The molecule has 5 heteroatoms. The third kappa shape index (κ3) is 5.24. The second-order valence-corrected chi connectivity index (χ2v) is 3.82. The first kappa shape index (κ1) is 13.3. The van der Waals surface area contributed by atoms with Gasteiger partial charge in [0.1, 0.15) is 18.5 Å². The van der Waals surface area contributed by atoms with Crippen LogP contribution in [0.25, 0.3) is 0 Å². The molecule has 0 fully saturated rings. The van der Waals surface area contributed by atoms with Crippen molar-refractivity contribution in [3.8, 4) is 5.75 Å². The van der Waals surface area contributed by atoms with Gasteiger partial charge in [-0.3, -0.25) is 0 Å². The Hall–Kier alpha value is -1.72. The van der Waals surface area contributed by atoms with E-state index in [4.69, 9.17) is 16.3 Å². The minimum Gasteiger partial charge on any atom is -0.491 e. The van der Waals surface area contributed by atoms with Crippen molar-refractivity contribution in [3.05, 3.63) is 42.2 Å². The van der Waals surface area contributed by atoms with Crippen molar-refractivity contribution >= 4 is 0 Å². The van der Waals surface area contributed by atoms with Crippen LogP contribution in [0.3, 0.4) is 0 Å². The number of aliphatic hydroxyl groups excluding tert-OH is 1. The second-order valence-electron chi connectivity index (χ2n) is 3.82. The van der Waals surface area contributed by atoms with Crippen molar-refractivity contribution in [1.82, 2.24) is 5.01 Å². The number of aryl methyl sites for hydroxylation is 1. The Morgan fingerprint density at radius 1 is 1.41 bits per heavy atom. The summed E-state index contributed by atoms with van der Waals surface area (Å²) in [5.74, 6) is 6.25. The summed E-state index contributed by atoms with van der Waals surface area (Å²) in [7, 11) is 0. The van der Waals surface area contributed by atoms with Gasteiger partial charge < -0.3 is 20.6 Å². The van der Waals surface area contributed by atoms with Gasteiger partial charge in [0.05, 0.1) is 6.54 Å². The van der Waals surface area contributed by atoms with Crippen molar-refractivity contribution in [2.45, 2.75) is 13.0 Å². The van der Waals surface area contributed by atoms with Crippen LogP contribution in [0.1, 0.15) is 5.56 Å². The summed E-state index contributed by atoms with van der Waals surface area (Å²) in [5, 5.41) is 10.9. The number of ether oxygens (including phenoxy) is 1. The van der Waals surface area contributed by atoms with E-state index in [-0.39, 0.29) is 13.2 Å². The molecule has 0 saturated carbocycles. The number of rotatable bonds is 6. The van der Waals surface area contributed by atoms with Gasteiger partial charge in [0.2, 0.25) is 0 Å². The van der Waals surface area contributed by atoms with Crippen LogP contribution in [-0.4, -0.2) is 29.4 Å². The third-order valence-corrected chi connectivity index (χ3v) is 2.16. The highest BCUT2D eigenvalue weighted by atomic mass is 16.5. The van der Waals surface area contributed by atoms with E-state index in [1.165, 1.54) is 23.0 Å². The first-order valence-corrected chi connectivity index (χ1v) is 5.39. The van der Waals surface area contributed by atoms with E-state index in [2.05, 4.69) is 0 Å². The highest BCUT2D eigenvalue weighted by Gasteiger charge is 2.07. The number of aliphatic hydroxyl groups is 1. The van der Waals surface area contributed by atoms with Crippen molar-refractivity contribution < 1.29 is 9.84 Å². The predicted molar refractivity (Wildman–Crippen MR) is 66.9 cm³/mol. The number of benzene rings is 1. The molecule has 1 unspecified atom stereocenters. The molecule has 1 atom stereocenters. The fraction of sp³-hybridized carbons (Fsp3) is 0.333. The Morgan fingerprint density at radius 2 is 2.06 bits per heavy atom. The number of hydrazine groups is 1. The first-order chi connectivity index (χ1) is 8.11. The Kier molecular flexibility index (Phi) is 5.32. The lowest BCUT2D eigenvalue weighted by molar-refractivity contribution is 0.0819. The second kappa shape index (κ2) is 6.78. The van der Waals surface area contributed by atoms with E-state index < -0.39 is 6.10 Å². The molecule has 94 valence electrons. The van der Waals surface area contributed by atoms with E-state index in [1.54, 1.807) is 0 Å². The van der Waals surface area contributed by atoms with Crippen molar-refractivity contribution in [3.63, 3.8) is 0 Å². The molecule has 0 bridgehead atoms. The Labute approximate surface area is 101 Å². The standard InChI is InChI=1S/C12H19N3O2/c1-10-2-4-12(5-3-10)17-9-11(16)8-15(14)7-6-13/h2-7,11,16H,8-9,13-14H2,1H3/b7-6-. The largest absolute Gasteiger partial charge is 0.491 e. The summed E-state index contributed by atoms with van der Waals surface area (Å²) in [4.78, 5) is 0. The molecule has 5 N–H and O–H groups in total. The van der Waals surface area contributed by atoms with Gasteiger partial charge in [-0.1, -0.05) is 17.7 Å². The van der Waals surface area contributed by atoms with Crippen molar-refractivity contribution in [2.24, 2.45) is 11.6 Å². The third-order valence-electron chi connectivity index (χ3n) is 2.16. The van der Waals surface area contributed by atoms with E-state index in [0.29, 0.717) is 0 Å². The smallest absolute Gasteiger partial charge is 0.119 e. The summed E-state index contributed by atoms with van der Waals surface area (Å²) < 4.78 is 5.41. The van der Waals surface area contributed by atoms with E-state index in [9.17, 15) is 5.11 Å². The van der Waals surface area contributed by atoms with Crippen LogP contribution >= 0.6 is 0 Å². The molecule has 0 aliphatic rings. The predicted octanol–water partition coefficient (Wildman–Crippen LogP) is 0.340. The average Bonchev–Trinajstić information content (AvgIpc) is 2.28. The van der Waals surface area contributed by atoms with Crippen LogP contribution in [0, 0.1) is 6.92 Å². The van der Waals surface area contributed by atoms with Gasteiger partial charge >= 0.3 is 0 Å². The molecular weight excluding hydrogens is 218 g/mol. The molecule has 0 aliphatic heterocycles. The number of nitrogens with zero attached hydrogens (tertiary/aromatic N) is 1. The summed E-state index contributed by atoms with van der Waals surface area (Å²) in [6.07, 6.45) is 2.13. The fourth-order valence-corrected chi connectivity index (χ4v) is 1.29. The molecule has 1 aromatic rings. The SMILES string of the molecule is Cc1ccc(OCC(O)CN(N)/C=C\N)cc1. The molecule has 0 amide bonds. The Balaban J connectivity index is 2.32. The number of hydrogen-bond acceptors (Lipinski definition) is 5. The minimum atomic E-state index is -0.669. The Morgan fingerprint density at radius 3 is 2.65 bits per heavy atom. The van der Waals surface area contributed by atoms with Gasteiger partial charge in [-0.25, -0.2) is 5.84 Å². The molecule has 0 heterocycles. The molecule has 5 nitrogen and oxygen atoms in total. The normalized spacial score (nSPS) is 12.6. The van der Waals surface area contributed by atoms with Crippen LogP contribution in [0.2, 0.25) is 0 Å². The van der Waals surface area contributed by atoms with Gasteiger partial charge in [0.25, 0.3) is 0 Å². The zero-order chi connectivity index (χ0) is 12.7. The monoisotopic (exact) mass is 237 g/mol. The quantitative estimate of drug-likeness (QED) is 0.491. The number of nitrogens with two attached hydrogens (primary N) is 2. The maximum absolute atomic E-state index is 9.64. The fourth-order valence-electron chi connectivity index (χ4n) is 1.29. The van der Waals surface area contributed by atoms with E-state index in [0.717, 1.165) is 5.75 Å². The van der Waals surface area contributed by atoms with E-state index >= 15 is 0 Å². The average molecular weight is 237 g/mol. The summed E-state index contributed by atoms with van der Waals surface area (Å²) >= 11 is 0. The zero-order valence-electron chi connectivity index (χ0n) is 9.91. The van der Waals surface area contributed by atoms with E-state index in [1.807, 2.05) is 31.2 Å². The topological polar surface area (TPSA) is 84.7 Å². The van der Waals surface area contributed by atoms with Crippen molar-refractivity contribution in [1.29, 1.82) is 0 Å². The van der Waals surface area contributed by atoms with Crippen LogP contribution < -0.4 is 16.3 Å². The van der Waals surface area contributed by atoms with Gasteiger partial charge in [-0.15, -0.1) is 0 Å². The van der Waals surface area contributed by atoms with Gasteiger partial charge in [-0.2, -0.15) is 0 Å².